The minimum absolute atomic E-state index is 0.0690. The molecule has 8 nitrogen and oxygen atoms in total. The van der Waals surface area contributed by atoms with Crippen molar-refractivity contribution in [1.29, 1.82) is 0 Å². The number of ether oxygens (including phenoxy) is 1. The number of nitrogens with zero attached hydrogens (tertiary/aromatic N) is 2. The van der Waals surface area contributed by atoms with Crippen molar-refractivity contribution in [2.75, 3.05) is 18.0 Å². The molecule has 2 atom stereocenters. The van der Waals surface area contributed by atoms with Gasteiger partial charge in [-0.1, -0.05) is 61.4 Å². The van der Waals surface area contributed by atoms with Gasteiger partial charge in [0.2, 0.25) is 11.8 Å². The van der Waals surface area contributed by atoms with Crippen LogP contribution in [0.5, 0.6) is 5.75 Å². The normalized spacial score (nSPS) is 12.7. The summed E-state index contributed by atoms with van der Waals surface area (Å²) in [5.74, 6) is -0.0851. The number of methoxy groups -OCH3 is 1. The van der Waals surface area contributed by atoms with Gasteiger partial charge in [0.15, 0.2) is 0 Å². The molecule has 0 bridgehead atoms. The van der Waals surface area contributed by atoms with E-state index in [0.717, 1.165) is 27.4 Å². The highest BCUT2D eigenvalue weighted by Crippen LogP contribution is 2.26. The molecule has 0 spiro atoms. The lowest BCUT2D eigenvalue weighted by molar-refractivity contribution is -0.140. The molecular formula is C32H41N3O5S. The fraction of sp³-hybridized carbons (Fsp3) is 0.375. The average molecular weight is 580 g/mol. The van der Waals surface area contributed by atoms with Gasteiger partial charge < -0.3 is 15.0 Å². The first kappa shape index (κ1) is 31.7. The topological polar surface area (TPSA) is 96.0 Å². The van der Waals surface area contributed by atoms with Crippen LogP contribution in [0.3, 0.4) is 0 Å². The summed E-state index contributed by atoms with van der Waals surface area (Å²) in [6.07, 6.45) is 1.10. The number of carbonyl (C=O) groups is 2. The van der Waals surface area contributed by atoms with Gasteiger partial charge in [0.25, 0.3) is 10.0 Å². The summed E-state index contributed by atoms with van der Waals surface area (Å²) in [4.78, 5) is 29.1. The molecule has 3 aromatic rings. The van der Waals surface area contributed by atoms with Crippen LogP contribution in [0, 0.1) is 13.8 Å². The van der Waals surface area contributed by atoms with Gasteiger partial charge in [-0.3, -0.25) is 13.9 Å². The number of sulfonamides is 1. The highest BCUT2D eigenvalue weighted by molar-refractivity contribution is 7.92. The molecule has 0 radical (unpaired) electrons. The molecule has 0 heterocycles. The fourth-order valence-electron chi connectivity index (χ4n) is 4.37. The summed E-state index contributed by atoms with van der Waals surface area (Å²) in [5.41, 5.74) is 3.04. The van der Waals surface area contributed by atoms with Crippen LogP contribution in [0.2, 0.25) is 0 Å². The number of rotatable bonds is 13. The molecule has 0 saturated heterocycles. The largest absolute Gasteiger partial charge is 0.497 e. The van der Waals surface area contributed by atoms with E-state index in [9.17, 15) is 18.0 Å². The molecule has 220 valence electrons. The van der Waals surface area contributed by atoms with Gasteiger partial charge in [0.05, 0.1) is 17.7 Å². The summed E-state index contributed by atoms with van der Waals surface area (Å²) in [6, 6.07) is 19.9. The Labute approximate surface area is 244 Å². The number of carbonyl (C=O) groups excluding carboxylic acids is 2. The van der Waals surface area contributed by atoms with Crippen molar-refractivity contribution in [1.82, 2.24) is 10.2 Å². The molecule has 0 aromatic heterocycles. The zero-order chi connectivity index (χ0) is 30.2. The Kier molecular flexibility index (Phi) is 10.9. The van der Waals surface area contributed by atoms with Crippen LogP contribution in [0.25, 0.3) is 0 Å². The first-order chi connectivity index (χ1) is 19.5. The van der Waals surface area contributed by atoms with Crippen molar-refractivity contribution in [3.05, 3.63) is 89.5 Å². The van der Waals surface area contributed by atoms with E-state index in [1.54, 1.807) is 67.8 Å². The van der Waals surface area contributed by atoms with E-state index in [4.69, 9.17) is 4.74 Å². The number of hydrogen-bond donors (Lipinski definition) is 1. The third-order valence-corrected chi connectivity index (χ3v) is 8.90. The highest BCUT2D eigenvalue weighted by Gasteiger charge is 2.34. The quantitative estimate of drug-likeness (QED) is 0.299. The van der Waals surface area contributed by atoms with Crippen LogP contribution in [0.4, 0.5) is 5.69 Å². The second kappa shape index (κ2) is 14.2. The zero-order valence-electron chi connectivity index (χ0n) is 24.8. The van der Waals surface area contributed by atoms with E-state index in [1.165, 1.54) is 4.90 Å². The van der Waals surface area contributed by atoms with E-state index >= 15 is 0 Å². The summed E-state index contributed by atoms with van der Waals surface area (Å²) in [6.45, 7) is 9.17. The molecule has 9 heteroatoms. The van der Waals surface area contributed by atoms with Crippen molar-refractivity contribution in [3.8, 4) is 5.75 Å². The maximum Gasteiger partial charge on any atom is 0.264 e. The van der Waals surface area contributed by atoms with Crippen LogP contribution >= 0.6 is 0 Å². The second-order valence-corrected chi connectivity index (χ2v) is 12.1. The van der Waals surface area contributed by atoms with E-state index in [2.05, 4.69) is 5.32 Å². The summed E-state index contributed by atoms with van der Waals surface area (Å²) in [7, 11) is -2.53. The zero-order valence-corrected chi connectivity index (χ0v) is 25.6. The first-order valence-electron chi connectivity index (χ1n) is 13.9. The van der Waals surface area contributed by atoms with Crippen LogP contribution in [0.1, 0.15) is 50.3 Å². The van der Waals surface area contributed by atoms with E-state index < -0.39 is 28.5 Å². The van der Waals surface area contributed by atoms with Gasteiger partial charge in [-0.2, -0.15) is 0 Å². The Balaban J connectivity index is 2.05. The molecule has 2 amide bonds. The van der Waals surface area contributed by atoms with E-state index in [-0.39, 0.29) is 23.4 Å². The lowest BCUT2D eigenvalue weighted by Gasteiger charge is -2.33. The van der Waals surface area contributed by atoms with E-state index in [0.29, 0.717) is 17.9 Å². The van der Waals surface area contributed by atoms with Crippen LogP contribution in [-0.4, -0.2) is 50.9 Å². The van der Waals surface area contributed by atoms with E-state index in [1.807, 2.05) is 46.8 Å². The van der Waals surface area contributed by atoms with Crippen molar-refractivity contribution >= 4 is 27.5 Å². The number of aryl methyl sites for hydroxylation is 2. The van der Waals surface area contributed by atoms with Crippen molar-refractivity contribution in [2.45, 2.75) is 71.0 Å². The lowest BCUT2D eigenvalue weighted by Crippen LogP contribution is -2.53. The number of amides is 2. The molecule has 3 rings (SSSR count). The molecule has 0 fully saturated rings. The molecule has 0 aliphatic carbocycles. The van der Waals surface area contributed by atoms with Gasteiger partial charge in [-0.15, -0.1) is 0 Å². The molecular weight excluding hydrogens is 538 g/mol. The Morgan fingerprint density at radius 2 is 1.41 bits per heavy atom. The fourth-order valence-corrected chi connectivity index (χ4v) is 5.78. The SMILES string of the molecule is CC[C@@H](C)NC(=O)[C@H](CC)N(Cc1ccc(OC)cc1)C(=O)CN(c1ccc(C)cc1)S(=O)(=O)c1ccc(C)cc1. The predicted molar refractivity (Wildman–Crippen MR) is 162 cm³/mol. The van der Waals surface area contributed by atoms with Crippen molar-refractivity contribution in [3.63, 3.8) is 0 Å². The van der Waals surface area contributed by atoms with Crippen LogP contribution < -0.4 is 14.4 Å². The minimum Gasteiger partial charge on any atom is -0.497 e. The summed E-state index contributed by atoms with van der Waals surface area (Å²) >= 11 is 0. The second-order valence-electron chi connectivity index (χ2n) is 10.3. The smallest absolute Gasteiger partial charge is 0.264 e. The van der Waals surface area contributed by atoms with Crippen molar-refractivity contribution < 1.29 is 22.7 Å². The van der Waals surface area contributed by atoms with Crippen LogP contribution in [0.15, 0.2) is 77.7 Å². The molecule has 1 N–H and O–H groups in total. The lowest BCUT2D eigenvalue weighted by atomic mass is 10.1. The molecule has 0 saturated carbocycles. The molecule has 41 heavy (non-hydrogen) atoms. The summed E-state index contributed by atoms with van der Waals surface area (Å²) in [5, 5.41) is 2.99. The maximum absolute atomic E-state index is 14.1. The summed E-state index contributed by atoms with van der Waals surface area (Å²) < 4.78 is 34.3. The number of hydrogen-bond acceptors (Lipinski definition) is 5. The molecule has 0 aliphatic rings. The Morgan fingerprint density at radius 3 is 1.93 bits per heavy atom. The molecule has 0 unspecified atom stereocenters. The molecule has 3 aromatic carbocycles. The van der Waals surface area contributed by atoms with Crippen molar-refractivity contribution in [2.24, 2.45) is 0 Å². The minimum atomic E-state index is -4.10. The molecule has 0 aliphatic heterocycles. The predicted octanol–water partition coefficient (Wildman–Crippen LogP) is 5.23. The third-order valence-electron chi connectivity index (χ3n) is 7.11. The maximum atomic E-state index is 14.1. The van der Waals surface area contributed by atoms with Gasteiger partial charge in [0, 0.05) is 12.6 Å². The van der Waals surface area contributed by atoms with Gasteiger partial charge in [-0.25, -0.2) is 8.42 Å². The highest BCUT2D eigenvalue weighted by atomic mass is 32.2. The monoisotopic (exact) mass is 579 g/mol. The number of benzene rings is 3. The Hall–Kier alpha value is -3.85. The Bertz CT molecular complexity index is 1410. The van der Waals surface area contributed by atoms with Gasteiger partial charge in [-0.05, 0) is 75.6 Å². The first-order valence-corrected chi connectivity index (χ1v) is 15.3. The van der Waals surface area contributed by atoms with Gasteiger partial charge in [0.1, 0.15) is 18.3 Å². The van der Waals surface area contributed by atoms with Gasteiger partial charge >= 0.3 is 0 Å². The Morgan fingerprint density at radius 1 is 0.854 bits per heavy atom. The average Bonchev–Trinajstić information content (AvgIpc) is 2.96. The number of anilines is 1. The van der Waals surface area contributed by atoms with Crippen LogP contribution in [-0.2, 0) is 26.2 Å². The standard InChI is InChI=1S/C32H41N3O5S/c1-7-25(5)33-32(37)30(8-2)34(21-26-13-17-28(40-6)18-14-26)31(36)22-35(27-15-9-23(3)10-16-27)41(38,39)29-19-11-24(4)12-20-29/h9-20,25,30H,7-8,21-22H2,1-6H3,(H,33,37)/t25-,30+/m1/s1. The third kappa shape index (κ3) is 8.10. The number of nitrogens with one attached hydrogen (secondary N) is 1.